The molecule has 2 aromatic heterocycles. The van der Waals surface area contributed by atoms with Crippen molar-refractivity contribution in [3.8, 4) is 0 Å². The molecule has 0 unspecified atom stereocenters. The van der Waals surface area contributed by atoms with E-state index in [0.29, 0.717) is 11.4 Å². The lowest BCUT2D eigenvalue weighted by atomic mass is 10.2. The highest BCUT2D eigenvalue weighted by molar-refractivity contribution is 7.89. The number of anilines is 4. The van der Waals surface area contributed by atoms with Crippen molar-refractivity contribution in [3.63, 3.8) is 0 Å². The number of primary sulfonamides is 1. The Morgan fingerprint density at radius 2 is 1.77 bits per heavy atom. The largest absolute Gasteiger partial charge is 0.338 e. The average molecular weight is 424 g/mol. The number of halogens is 1. The van der Waals surface area contributed by atoms with Crippen LogP contribution >= 0.6 is 0 Å². The Bertz CT molecular complexity index is 1360. The van der Waals surface area contributed by atoms with E-state index in [4.69, 9.17) is 5.14 Å². The van der Waals surface area contributed by atoms with Crippen molar-refractivity contribution < 1.29 is 12.8 Å². The van der Waals surface area contributed by atoms with Gasteiger partial charge in [-0.05, 0) is 49.4 Å². The lowest BCUT2D eigenvalue weighted by Gasteiger charge is -2.11. The first-order valence-corrected chi connectivity index (χ1v) is 10.4. The summed E-state index contributed by atoms with van der Waals surface area (Å²) in [6, 6.07) is 15.1. The summed E-state index contributed by atoms with van der Waals surface area (Å²) in [5.41, 5.74) is 2.77. The predicted octanol–water partition coefficient (Wildman–Crippen LogP) is 3.61. The summed E-state index contributed by atoms with van der Waals surface area (Å²) in [6.07, 6.45) is 1.02. The first-order chi connectivity index (χ1) is 14.3. The Morgan fingerprint density at radius 3 is 2.57 bits per heavy atom. The van der Waals surface area contributed by atoms with Gasteiger partial charge < -0.3 is 10.6 Å². The molecule has 2 heterocycles. The second-order valence-corrected chi connectivity index (χ2v) is 8.13. The van der Waals surface area contributed by atoms with Crippen molar-refractivity contribution in [2.24, 2.45) is 5.14 Å². The molecule has 0 aliphatic carbocycles. The number of fused-ring (bicyclic) bond motifs is 1. The van der Waals surface area contributed by atoms with E-state index >= 15 is 0 Å². The number of nitrogens with two attached hydrogens (primary N) is 1. The summed E-state index contributed by atoms with van der Waals surface area (Å²) in [5.74, 6) is -0.584. The van der Waals surface area contributed by atoms with Crippen LogP contribution in [-0.2, 0) is 10.0 Å². The van der Waals surface area contributed by atoms with E-state index in [2.05, 4.69) is 25.6 Å². The number of rotatable bonds is 5. The molecule has 152 valence electrons. The van der Waals surface area contributed by atoms with Gasteiger partial charge in [0.15, 0.2) is 11.6 Å². The summed E-state index contributed by atoms with van der Waals surface area (Å²) in [6.45, 7) is 1.91. The zero-order valence-corrected chi connectivity index (χ0v) is 16.6. The van der Waals surface area contributed by atoms with Gasteiger partial charge in [-0.25, -0.2) is 22.9 Å². The molecule has 2 aromatic carbocycles. The molecule has 10 heteroatoms. The highest BCUT2D eigenvalue weighted by Crippen LogP contribution is 2.24. The standard InChI is InChI=1S/C20H17FN6O2S/c1-12-5-6-13-9-15(7-8-18(13)24-12)25-19-17(21)11-23-20(27-19)26-14-3-2-4-16(10-14)30(22,28)29/h2-11H,1H3,(H2,22,28,29)(H2,23,25,26,27). The molecular weight excluding hydrogens is 407 g/mol. The maximum Gasteiger partial charge on any atom is 0.238 e. The van der Waals surface area contributed by atoms with Crippen molar-refractivity contribution in [1.82, 2.24) is 15.0 Å². The highest BCUT2D eigenvalue weighted by Gasteiger charge is 2.11. The van der Waals surface area contributed by atoms with Gasteiger partial charge in [-0.3, -0.25) is 4.98 Å². The fourth-order valence-electron chi connectivity index (χ4n) is 2.84. The second-order valence-electron chi connectivity index (χ2n) is 6.57. The number of nitrogens with one attached hydrogen (secondary N) is 2. The molecular formula is C20H17FN6O2S. The van der Waals surface area contributed by atoms with E-state index < -0.39 is 15.8 Å². The first kappa shape index (κ1) is 19.7. The normalized spacial score (nSPS) is 11.4. The molecule has 0 spiro atoms. The minimum atomic E-state index is -3.85. The van der Waals surface area contributed by atoms with Gasteiger partial charge in [0.1, 0.15) is 0 Å². The number of nitrogens with zero attached hydrogens (tertiary/aromatic N) is 3. The van der Waals surface area contributed by atoms with Gasteiger partial charge in [-0.1, -0.05) is 12.1 Å². The van der Waals surface area contributed by atoms with E-state index in [-0.39, 0.29) is 16.7 Å². The van der Waals surface area contributed by atoms with Crippen molar-refractivity contribution in [2.45, 2.75) is 11.8 Å². The monoisotopic (exact) mass is 424 g/mol. The molecule has 8 nitrogen and oxygen atoms in total. The number of aryl methyl sites for hydroxylation is 1. The van der Waals surface area contributed by atoms with Crippen LogP contribution in [0.25, 0.3) is 10.9 Å². The Balaban J connectivity index is 1.60. The second kappa shape index (κ2) is 7.65. The summed E-state index contributed by atoms with van der Waals surface area (Å²) in [4.78, 5) is 12.4. The van der Waals surface area contributed by atoms with Gasteiger partial charge in [0, 0.05) is 22.5 Å². The number of hydrogen-bond donors (Lipinski definition) is 3. The van der Waals surface area contributed by atoms with Gasteiger partial charge >= 0.3 is 0 Å². The lowest BCUT2D eigenvalue weighted by molar-refractivity contribution is 0.598. The lowest BCUT2D eigenvalue weighted by Crippen LogP contribution is -2.12. The van der Waals surface area contributed by atoms with E-state index in [1.165, 1.54) is 18.2 Å². The quantitative estimate of drug-likeness (QED) is 0.447. The molecule has 0 radical (unpaired) electrons. The number of sulfonamides is 1. The predicted molar refractivity (Wildman–Crippen MR) is 113 cm³/mol. The van der Waals surface area contributed by atoms with E-state index in [1.807, 2.05) is 31.2 Å². The van der Waals surface area contributed by atoms with Crippen LogP contribution in [0, 0.1) is 12.7 Å². The third-order valence-electron chi connectivity index (χ3n) is 4.25. The van der Waals surface area contributed by atoms with Crippen LogP contribution in [0.5, 0.6) is 0 Å². The minimum Gasteiger partial charge on any atom is -0.338 e. The molecule has 4 aromatic rings. The van der Waals surface area contributed by atoms with E-state index in [0.717, 1.165) is 22.8 Å². The zero-order chi connectivity index (χ0) is 21.3. The third-order valence-corrected chi connectivity index (χ3v) is 5.16. The number of hydrogen-bond acceptors (Lipinski definition) is 7. The summed E-state index contributed by atoms with van der Waals surface area (Å²) < 4.78 is 37.3. The number of aromatic nitrogens is 3. The molecule has 0 aliphatic rings. The van der Waals surface area contributed by atoms with Crippen LogP contribution in [-0.4, -0.2) is 23.4 Å². The van der Waals surface area contributed by atoms with Gasteiger partial charge in [0.25, 0.3) is 0 Å². The molecule has 0 saturated carbocycles. The van der Waals surface area contributed by atoms with Crippen LogP contribution < -0.4 is 15.8 Å². The maximum absolute atomic E-state index is 14.3. The van der Waals surface area contributed by atoms with Crippen molar-refractivity contribution >= 4 is 44.1 Å². The summed E-state index contributed by atoms with van der Waals surface area (Å²) >= 11 is 0. The molecule has 0 fully saturated rings. The average Bonchev–Trinajstić information content (AvgIpc) is 2.70. The van der Waals surface area contributed by atoms with E-state index in [9.17, 15) is 12.8 Å². The van der Waals surface area contributed by atoms with Crippen molar-refractivity contribution in [2.75, 3.05) is 10.6 Å². The molecule has 4 rings (SSSR count). The van der Waals surface area contributed by atoms with Crippen LogP contribution in [0.1, 0.15) is 5.69 Å². The maximum atomic E-state index is 14.3. The van der Waals surface area contributed by atoms with Gasteiger partial charge in [0.2, 0.25) is 16.0 Å². The fraction of sp³-hybridized carbons (Fsp3) is 0.0500. The van der Waals surface area contributed by atoms with E-state index in [1.54, 1.807) is 12.1 Å². The summed E-state index contributed by atoms with van der Waals surface area (Å²) in [7, 11) is -3.85. The SMILES string of the molecule is Cc1ccc2cc(Nc3nc(Nc4cccc(S(N)(=O)=O)c4)ncc3F)ccc2n1. The molecule has 0 saturated heterocycles. The molecule has 0 aliphatic heterocycles. The molecule has 0 bridgehead atoms. The number of benzene rings is 2. The Kier molecular flexibility index (Phi) is 5.02. The molecule has 30 heavy (non-hydrogen) atoms. The Morgan fingerprint density at radius 1 is 0.967 bits per heavy atom. The third kappa shape index (κ3) is 4.34. The van der Waals surface area contributed by atoms with Crippen molar-refractivity contribution in [3.05, 3.63) is 72.3 Å². The summed E-state index contributed by atoms with van der Waals surface area (Å²) in [5, 5.41) is 11.8. The Labute approximate surface area is 172 Å². The molecule has 0 amide bonds. The number of pyridine rings is 1. The first-order valence-electron chi connectivity index (χ1n) is 8.85. The zero-order valence-electron chi connectivity index (χ0n) is 15.8. The fourth-order valence-corrected chi connectivity index (χ4v) is 3.40. The van der Waals surface area contributed by atoms with Gasteiger partial charge in [0.05, 0.1) is 16.6 Å². The molecule has 4 N–H and O–H groups in total. The molecule has 0 atom stereocenters. The topological polar surface area (TPSA) is 123 Å². The van der Waals surface area contributed by atoms with Crippen molar-refractivity contribution in [1.29, 1.82) is 0 Å². The highest BCUT2D eigenvalue weighted by atomic mass is 32.2. The Hall–Kier alpha value is -3.63. The van der Waals surface area contributed by atoms with Crippen LogP contribution in [0.4, 0.5) is 27.5 Å². The van der Waals surface area contributed by atoms with Gasteiger partial charge in [-0.2, -0.15) is 4.98 Å². The smallest absolute Gasteiger partial charge is 0.238 e. The van der Waals surface area contributed by atoms with Crippen LogP contribution in [0.3, 0.4) is 0 Å². The minimum absolute atomic E-state index is 0.0329. The van der Waals surface area contributed by atoms with Gasteiger partial charge in [-0.15, -0.1) is 0 Å². The van der Waals surface area contributed by atoms with Crippen LogP contribution in [0.2, 0.25) is 0 Å². The van der Waals surface area contributed by atoms with Crippen LogP contribution in [0.15, 0.2) is 65.7 Å².